The lowest BCUT2D eigenvalue weighted by Gasteiger charge is -2.32. The van der Waals surface area contributed by atoms with Crippen LogP contribution < -0.4 is 5.32 Å². The molecular weight excluding hydrogens is 258 g/mol. The van der Waals surface area contributed by atoms with Crippen LogP contribution in [0.15, 0.2) is 30.3 Å². The minimum Gasteiger partial charge on any atom is -0.465 e. The van der Waals surface area contributed by atoms with Gasteiger partial charge in [-0.25, -0.2) is 9.59 Å². The van der Waals surface area contributed by atoms with Gasteiger partial charge in [0.1, 0.15) is 0 Å². The van der Waals surface area contributed by atoms with Crippen molar-refractivity contribution in [1.29, 1.82) is 0 Å². The van der Waals surface area contributed by atoms with Gasteiger partial charge in [0, 0.05) is 19.6 Å². The van der Waals surface area contributed by atoms with E-state index < -0.39 is 6.09 Å². The molecule has 0 radical (unpaired) electrons. The van der Waals surface area contributed by atoms with Crippen molar-refractivity contribution in [2.24, 2.45) is 0 Å². The first-order chi connectivity index (χ1) is 9.65. The van der Waals surface area contributed by atoms with Gasteiger partial charge in [-0.3, -0.25) is 0 Å². The van der Waals surface area contributed by atoms with Gasteiger partial charge in [0.25, 0.3) is 0 Å². The molecule has 0 spiro atoms. The molecule has 0 aliphatic carbocycles. The fourth-order valence-electron chi connectivity index (χ4n) is 3.03. The molecule has 6 heteroatoms. The quantitative estimate of drug-likeness (QED) is 0.855. The maximum atomic E-state index is 12.1. The molecule has 1 aromatic carbocycles. The lowest BCUT2D eigenvalue weighted by atomic mass is 10.2. The highest BCUT2D eigenvalue weighted by molar-refractivity contribution is 5.76. The van der Waals surface area contributed by atoms with Gasteiger partial charge in [-0.15, -0.1) is 0 Å². The largest absolute Gasteiger partial charge is 0.465 e. The first kappa shape index (κ1) is 12.8. The Morgan fingerprint density at radius 3 is 2.40 bits per heavy atom. The normalized spacial score (nSPS) is 24.0. The van der Waals surface area contributed by atoms with Crippen molar-refractivity contribution in [3.63, 3.8) is 0 Å². The summed E-state index contributed by atoms with van der Waals surface area (Å²) in [5.74, 6) is 0. The third-order valence-corrected chi connectivity index (χ3v) is 4.03. The van der Waals surface area contributed by atoms with E-state index in [0.29, 0.717) is 19.6 Å². The maximum Gasteiger partial charge on any atom is 0.407 e. The van der Waals surface area contributed by atoms with Crippen molar-refractivity contribution in [3.8, 4) is 0 Å². The fourth-order valence-corrected chi connectivity index (χ4v) is 3.03. The summed E-state index contributed by atoms with van der Waals surface area (Å²) in [5, 5.41) is 11.9. The standard InChI is InChI=1S/C14H17N3O3/c18-13(15-7-10-4-2-1-3-5-10)16-8-12-6-11(16)9-17(12)14(19)20/h1-5,11-12H,6-9H2,(H,15,18)(H,19,20). The molecule has 2 fully saturated rings. The second-order valence-electron chi connectivity index (χ2n) is 5.27. The number of nitrogens with one attached hydrogen (secondary N) is 1. The van der Waals surface area contributed by atoms with Crippen LogP contribution in [0.4, 0.5) is 9.59 Å². The molecule has 2 N–H and O–H groups in total. The number of fused-ring (bicyclic) bond motifs is 2. The minimum atomic E-state index is -0.887. The summed E-state index contributed by atoms with van der Waals surface area (Å²) in [6, 6.07) is 9.60. The number of carbonyl (C=O) groups is 2. The predicted octanol–water partition coefficient (Wildman–Crippen LogP) is 1.33. The molecule has 20 heavy (non-hydrogen) atoms. The van der Waals surface area contributed by atoms with Crippen LogP contribution in [0.2, 0.25) is 0 Å². The van der Waals surface area contributed by atoms with Crippen LogP contribution in [0.5, 0.6) is 0 Å². The second kappa shape index (κ2) is 5.03. The summed E-state index contributed by atoms with van der Waals surface area (Å²) in [7, 11) is 0. The van der Waals surface area contributed by atoms with Gasteiger partial charge in [-0.05, 0) is 12.0 Å². The number of benzene rings is 1. The lowest BCUT2D eigenvalue weighted by Crippen LogP contribution is -2.52. The molecule has 2 atom stereocenters. The molecular formula is C14H17N3O3. The number of carbonyl (C=O) groups excluding carboxylic acids is 1. The molecule has 2 unspecified atom stereocenters. The number of urea groups is 1. The lowest BCUT2D eigenvalue weighted by molar-refractivity contribution is 0.109. The Labute approximate surface area is 117 Å². The number of amides is 3. The van der Waals surface area contributed by atoms with Gasteiger partial charge < -0.3 is 20.2 Å². The molecule has 2 aliphatic heterocycles. The van der Waals surface area contributed by atoms with Gasteiger partial charge in [0.05, 0.1) is 12.1 Å². The van der Waals surface area contributed by atoms with Crippen molar-refractivity contribution in [2.45, 2.75) is 25.0 Å². The number of nitrogens with zero attached hydrogens (tertiary/aromatic N) is 2. The Bertz CT molecular complexity index is 520. The van der Waals surface area contributed by atoms with Gasteiger partial charge in [0.15, 0.2) is 0 Å². The van der Waals surface area contributed by atoms with E-state index in [1.165, 1.54) is 4.90 Å². The van der Waals surface area contributed by atoms with Crippen molar-refractivity contribution < 1.29 is 14.7 Å². The van der Waals surface area contributed by atoms with Crippen LogP contribution in [-0.4, -0.2) is 52.2 Å². The van der Waals surface area contributed by atoms with Gasteiger partial charge in [-0.2, -0.15) is 0 Å². The van der Waals surface area contributed by atoms with Crippen LogP contribution in [0, 0.1) is 0 Å². The molecule has 0 aromatic heterocycles. The van der Waals surface area contributed by atoms with Crippen molar-refractivity contribution >= 4 is 12.1 Å². The Morgan fingerprint density at radius 1 is 1.15 bits per heavy atom. The van der Waals surface area contributed by atoms with E-state index in [1.807, 2.05) is 30.3 Å². The Balaban J connectivity index is 1.54. The van der Waals surface area contributed by atoms with Crippen molar-refractivity contribution in [2.75, 3.05) is 13.1 Å². The molecule has 6 nitrogen and oxygen atoms in total. The SMILES string of the molecule is O=C(O)N1CC2CC1CN2C(=O)NCc1ccccc1. The van der Waals surface area contributed by atoms with Gasteiger partial charge in [0.2, 0.25) is 0 Å². The number of piperazine rings is 1. The predicted molar refractivity (Wildman–Crippen MR) is 72.3 cm³/mol. The van der Waals surface area contributed by atoms with E-state index in [0.717, 1.165) is 12.0 Å². The maximum absolute atomic E-state index is 12.1. The molecule has 2 saturated heterocycles. The smallest absolute Gasteiger partial charge is 0.407 e. The van der Waals surface area contributed by atoms with Crippen LogP contribution in [-0.2, 0) is 6.54 Å². The molecule has 1 aromatic rings. The Kier molecular flexibility index (Phi) is 3.22. The fraction of sp³-hybridized carbons (Fsp3) is 0.429. The number of hydrogen-bond acceptors (Lipinski definition) is 2. The number of likely N-dealkylation sites (tertiary alicyclic amines) is 2. The first-order valence-corrected chi connectivity index (χ1v) is 6.73. The monoisotopic (exact) mass is 275 g/mol. The third-order valence-electron chi connectivity index (χ3n) is 4.03. The summed E-state index contributed by atoms with van der Waals surface area (Å²) >= 11 is 0. The summed E-state index contributed by atoms with van der Waals surface area (Å²) in [6.07, 6.45) is -0.132. The van der Waals surface area contributed by atoms with Gasteiger partial charge >= 0.3 is 12.1 Å². The molecule has 2 heterocycles. The molecule has 2 bridgehead atoms. The third kappa shape index (κ3) is 2.29. The molecule has 3 rings (SSSR count). The van der Waals surface area contributed by atoms with E-state index in [9.17, 15) is 9.59 Å². The van der Waals surface area contributed by atoms with E-state index in [1.54, 1.807) is 4.90 Å². The molecule has 2 aliphatic rings. The zero-order chi connectivity index (χ0) is 14.1. The van der Waals surface area contributed by atoms with Crippen LogP contribution in [0.3, 0.4) is 0 Å². The topological polar surface area (TPSA) is 72.9 Å². The van der Waals surface area contributed by atoms with E-state index in [-0.39, 0.29) is 18.1 Å². The molecule has 106 valence electrons. The van der Waals surface area contributed by atoms with E-state index in [2.05, 4.69) is 5.32 Å². The molecule has 0 saturated carbocycles. The summed E-state index contributed by atoms with van der Waals surface area (Å²) in [5.41, 5.74) is 1.05. The summed E-state index contributed by atoms with van der Waals surface area (Å²) in [4.78, 5) is 26.3. The highest BCUT2D eigenvalue weighted by Crippen LogP contribution is 2.30. The highest BCUT2D eigenvalue weighted by Gasteiger charge is 2.47. The molecule has 3 amide bonds. The summed E-state index contributed by atoms with van der Waals surface area (Å²) < 4.78 is 0. The van der Waals surface area contributed by atoms with Gasteiger partial charge in [-0.1, -0.05) is 30.3 Å². The van der Waals surface area contributed by atoms with Crippen molar-refractivity contribution in [1.82, 2.24) is 15.1 Å². The average Bonchev–Trinajstić information content (AvgIpc) is 3.06. The number of carboxylic acid groups (broad SMARTS) is 1. The van der Waals surface area contributed by atoms with Crippen LogP contribution >= 0.6 is 0 Å². The zero-order valence-corrected chi connectivity index (χ0v) is 11.0. The van der Waals surface area contributed by atoms with Crippen LogP contribution in [0.25, 0.3) is 0 Å². The van der Waals surface area contributed by atoms with E-state index in [4.69, 9.17) is 5.11 Å². The number of rotatable bonds is 2. The summed E-state index contributed by atoms with van der Waals surface area (Å²) in [6.45, 7) is 1.42. The Hall–Kier alpha value is -2.24. The Morgan fingerprint density at radius 2 is 1.80 bits per heavy atom. The van der Waals surface area contributed by atoms with E-state index >= 15 is 0 Å². The van der Waals surface area contributed by atoms with Crippen molar-refractivity contribution in [3.05, 3.63) is 35.9 Å². The zero-order valence-electron chi connectivity index (χ0n) is 11.0. The first-order valence-electron chi connectivity index (χ1n) is 6.73. The average molecular weight is 275 g/mol. The van der Waals surface area contributed by atoms with Crippen LogP contribution in [0.1, 0.15) is 12.0 Å². The second-order valence-corrected chi connectivity index (χ2v) is 5.27. The number of hydrogen-bond donors (Lipinski definition) is 2. The highest BCUT2D eigenvalue weighted by atomic mass is 16.4. The minimum absolute atomic E-state index is 0.0203.